The van der Waals surface area contributed by atoms with Crippen LogP contribution in [-0.2, 0) is 4.79 Å². The minimum Gasteiger partial charge on any atom is -0.363 e. The molecule has 192 valence electrons. The Kier molecular flexibility index (Phi) is 7.58. The molecule has 3 heterocycles. The van der Waals surface area contributed by atoms with Crippen LogP contribution in [0.3, 0.4) is 0 Å². The van der Waals surface area contributed by atoms with Gasteiger partial charge in [0.15, 0.2) is 0 Å². The summed E-state index contributed by atoms with van der Waals surface area (Å²) in [5.74, 6) is 0.860. The molecule has 11 heteroatoms. The molecule has 1 atom stereocenters. The number of anilines is 2. The van der Waals surface area contributed by atoms with E-state index in [2.05, 4.69) is 25.2 Å². The highest BCUT2D eigenvalue weighted by atomic mass is 19.3. The van der Waals surface area contributed by atoms with Crippen molar-refractivity contribution in [2.75, 3.05) is 57.0 Å². The molecule has 1 saturated heterocycles. The highest BCUT2D eigenvalue weighted by Crippen LogP contribution is 2.31. The standard InChI is InChI=1S/C25H30F3N7O/c1-15(17-6-5-7-18(23(17)26)24(27)28)30-25-19-12-21(29-13-20(19)31-16(2)32-25)34-8-10-35(11-9-34)22(36)14-33(3)4/h5-7,12-13,15,24H,8-11,14H2,1-4H3,(H,30,31,32)/t15-/m1/s1. The molecule has 1 amide bonds. The molecule has 0 bridgehead atoms. The van der Waals surface area contributed by atoms with Crippen LogP contribution in [0.4, 0.5) is 24.8 Å². The lowest BCUT2D eigenvalue weighted by Gasteiger charge is -2.36. The number of amides is 1. The number of fused-ring (bicyclic) bond motifs is 1. The number of rotatable bonds is 7. The molecule has 1 fully saturated rings. The van der Waals surface area contributed by atoms with Crippen molar-refractivity contribution in [3.05, 3.63) is 53.2 Å². The van der Waals surface area contributed by atoms with Crippen LogP contribution in [0, 0.1) is 12.7 Å². The van der Waals surface area contributed by atoms with Crippen LogP contribution >= 0.6 is 0 Å². The van der Waals surface area contributed by atoms with E-state index in [-0.39, 0.29) is 11.5 Å². The number of halogens is 3. The van der Waals surface area contributed by atoms with E-state index in [4.69, 9.17) is 0 Å². The van der Waals surface area contributed by atoms with Crippen molar-refractivity contribution >= 4 is 28.4 Å². The van der Waals surface area contributed by atoms with Crippen molar-refractivity contribution < 1.29 is 18.0 Å². The van der Waals surface area contributed by atoms with Gasteiger partial charge in [-0.2, -0.15) is 0 Å². The van der Waals surface area contributed by atoms with E-state index in [0.29, 0.717) is 55.3 Å². The topological polar surface area (TPSA) is 77.5 Å². The molecule has 1 aliphatic heterocycles. The number of carbonyl (C=O) groups excluding carboxylic acids is 1. The van der Waals surface area contributed by atoms with Gasteiger partial charge in [-0.25, -0.2) is 28.1 Å². The fraction of sp³-hybridized carbons (Fsp3) is 0.440. The van der Waals surface area contributed by atoms with Gasteiger partial charge >= 0.3 is 0 Å². The molecule has 1 aliphatic rings. The van der Waals surface area contributed by atoms with Gasteiger partial charge < -0.3 is 20.0 Å². The zero-order chi connectivity index (χ0) is 26.0. The van der Waals surface area contributed by atoms with Gasteiger partial charge in [0.25, 0.3) is 6.43 Å². The number of hydrogen-bond acceptors (Lipinski definition) is 7. The average molecular weight is 502 g/mol. The first-order chi connectivity index (χ1) is 17.1. The second-order valence-electron chi connectivity index (χ2n) is 9.20. The van der Waals surface area contributed by atoms with Crippen LogP contribution in [0.25, 0.3) is 10.9 Å². The maximum absolute atomic E-state index is 14.7. The van der Waals surface area contributed by atoms with Gasteiger partial charge in [0, 0.05) is 37.1 Å². The predicted octanol–water partition coefficient (Wildman–Crippen LogP) is 3.79. The van der Waals surface area contributed by atoms with Crippen molar-refractivity contribution in [2.24, 2.45) is 0 Å². The van der Waals surface area contributed by atoms with E-state index in [1.54, 1.807) is 20.0 Å². The highest BCUT2D eigenvalue weighted by molar-refractivity contribution is 5.90. The largest absolute Gasteiger partial charge is 0.363 e. The van der Waals surface area contributed by atoms with Gasteiger partial charge in [-0.1, -0.05) is 18.2 Å². The van der Waals surface area contributed by atoms with Gasteiger partial charge in [-0.3, -0.25) is 4.79 Å². The molecule has 36 heavy (non-hydrogen) atoms. The Balaban J connectivity index is 1.57. The predicted molar refractivity (Wildman–Crippen MR) is 133 cm³/mol. The number of piperazine rings is 1. The number of aromatic nitrogens is 3. The molecule has 1 aromatic carbocycles. The van der Waals surface area contributed by atoms with Crippen LogP contribution in [0.2, 0.25) is 0 Å². The molecular formula is C25H30F3N7O. The van der Waals surface area contributed by atoms with Gasteiger partial charge in [0.1, 0.15) is 23.3 Å². The van der Waals surface area contributed by atoms with Crippen molar-refractivity contribution in [3.8, 4) is 0 Å². The third kappa shape index (κ3) is 5.51. The Hall–Kier alpha value is -3.47. The molecule has 0 aliphatic carbocycles. The van der Waals surface area contributed by atoms with Crippen molar-refractivity contribution in [3.63, 3.8) is 0 Å². The maximum Gasteiger partial charge on any atom is 0.266 e. The third-order valence-electron chi connectivity index (χ3n) is 6.20. The summed E-state index contributed by atoms with van der Waals surface area (Å²) >= 11 is 0. The number of aryl methyl sites for hydroxylation is 1. The maximum atomic E-state index is 14.7. The van der Waals surface area contributed by atoms with Gasteiger partial charge in [-0.05, 0) is 34.0 Å². The zero-order valence-corrected chi connectivity index (χ0v) is 20.8. The first-order valence-corrected chi connectivity index (χ1v) is 11.8. The molecule has 0 saturated carbocycles. The smallest absolute Gasteiger partial charge is 0.266 e. The second kappa shape index (κ2) is 10.7. The van der Waals surface area contributed by atoms with E-state index < -0.39 is 23.8 Å². The number of pyridine rings is 1. The Morgan fingerprint density at radius 1 is 1.14 bits per heavy atom. The molecule has 0 unspecified atom stereocenters. The lowest BCUT2D eigenvalue weighted by molar-refractivity contribution is -0.132. The molecule has 3 aromatic rings. The van der Waals surface area contributed by atoms with Gasteiger partial charge in [-0.15, -0.1) is 0 Å². The van der Waals surface area contributed by atoms with E-state index in [1.165, 1.54) is 12.1 Å². The van der Waals surface area contributed by atoms with Gasteiger partial charge in [0.05, 0.1) is 29.9 Å². The Labute approximate surface area is 208 Å². The second-order valence-corrected chi connectivity index (χ2v) is 9.20. The SMILES string of the molecule is Cc1nc(N[C@H](C)c2cccc(C(F)F)c2F)c2cc(N3CCN(C(=O)CN(C)C)CC3)ncc2n1. The zero-order valence-electron chi connectivity index (χ0n) is 20.8. The first-order valence-electron chi connectivity index (χ1n) is 11.8. The highest BCUT2D eigenvalue weighted by Gasteiger charge is 2.24. The summed E-state index contributed by atoms with van der Waals surface area (Å²) in [6.07, 6.45) is -1.23. The lowest BCUT2D eigenvalue weighted by atomic mass is 10.0. The Morgan fingerprint density at radius 3 is 2.50 bits per heavy atom. The third-order valence-corrected chi connectivity index (χ3v) is 6.20. The quantitative estimate of drug-likeness (QED) is 0.528. The van der Waals surface area contributed by atoms with Crippen molar-refractivity contribution in [2.45, 2.75) is 26.3 Å². The normalized spacial score (nSPS) is 15.1. The van der Waals surface area contributed by atoms with Crippen LogP contribution in [-0.4, -0.2) is 77.5 Å². The monoisotopic (exact) mass is 501 g/mol. The number of likely N-dealkylation sites (N-methyl/N-ethyl adjacent to an activating group) is 1. The summed E-state index contributed by atoms with van der Waals surface area (Å²) in [6, 6.07) is 5.24. The van der Waals surface area contributed by atoms with Crippen molar-refractivity contribution in [1.82, 2.24) is 24.8 Å². The van der Waals surface area contributed by atoms with E-state index in [1.807, 2.05) is 30.0 Å². The number of nitrogens with zero attached hydrogens (tertiary/aromatic N) is 6. The average Bonchev–Trinajstić information content (AvgIpc) is 2.83. The minimum atomic E-state index is -2.90. The van der Waals surface area contributed by atoms with Crippen LogP contribution in [0.5, 0.6) is 0 Å². The first kappa shape index (κ1) is 25.6. The number of alkyl halides is 2. The molecular weight excluding hydrogens is 471 g/mol. The fourth-order valence-corrected chi connectivity index (χ4v) is 4.33. The summed E-state index contributed by atoms with van der Waals surface area (Å²) in [6.45, 7) is 6.27. The summed E-state index contributed by atoms with van der Waals surface area (Å²) in [5, 5.41) is 3.87. The molecule has 2 aromatic heterocycles. The van der Waals surface area contributed by atoms with E-state index >= 15 is 0 Å². The fourth-order valence-electron chi connectivity index (χ4n) is 4.33. The van der Waals surface area contributed by atoms with Crippen LogP contribution in [0.1, 0.15) is 36.3 Å². The Morgan fingerprint density at radius 2 is 1.83 bits per heavy atom. The van der Waals surface area contributed by atoms with Crippen LogP contribution in [0.15, 0.2) is 30.5 Å². The van der Waals surface area contributed by atoms with E-state index in [9.17, 15) is 18.0 Å². The lowest BCUT2D eigenvalue weighted by Crippen LogP contribution is -2.50. The number of hydrogen-bond donors (Lipinski definition) is 1. The summed E-state index contributed by atoms with van der Waals surface area (Å²) in [5.41, 5.74) is 0.118. The summed E-state index contributed by atoms with van der Waals surface area (Å²) in [7, 11) is 3.74. The Bertz CT molecular complexity index is 1250. The number of nitrogens with one attached hydrogen (secondary N) is 1. The molecule has 1 N–H and O–H groups in total. The summed E-state index contributed by atoms with van der Waals surface area (Å²) < 4.78 is 41.1. The number of carbonyl (C=O) groups is 1. The minimum absolute atomic E-state index is 0.0959. The number of benzene rings is 1. The molecule has 0 radical (unpaired) electrons. The molecule has 4 rings (SSSR count). The molecule has 0 spiro atoms. The van der Waals surface area contributed by atoms with Crippen LogP contribution < -0.4 is 10.2 Å². The van der Waals surface area contributed by atoms with E-state index in [0.717, 1.165) is 11.9 Å². The molecule has 8 nitrogen and oxygen atoms in total. The van der Waals surface area contributed by atoms with Crippen molar-refractivity contribution in [1.29, 1.82) is 0 Å². The van der Waals surface area contributed by atoms with Gasteiger partial charge in [0.2, 0.25) is 5.91 Å². The summed E-state index contributed by atoms with van der Waals surface area (Å²) in [4.78, 5) is 31.7.